The molecule has 1 aromatic heterocycles. The zero-order valence-corrected chi connectivity index (χ0v) is 16.6. The Hall–Kier alpha value is -2.02. The maximum Gasteiger partial charge on any atom is 0.416 e. The quantitative estimate of drug-likeness (QED) is 0.752. The predicted molar refractivity (Wildman–Crippen MR) is 101 cm³/mol. The van der Waals surface area contributed by atoms with Crippen LogP contribution in [-0.4, -0.2) is 21.7 Å². The second kappa shape index (κ2) is 8.15. The first kappa shape index (κ1) is 20.7. The van der Waals surface area contributed by atoms with Crippen molar-refractivity contribution < 1.29 is 18.0 Å². The normalized spacial score (nSPS) is 20.2. The number of amides is 1. The summed E-state index contributed by atoms with van der Waals surface area (Å²) in [6.07, 6.45) is 0.955. The van der Waals surface area contributed by atoms with Gasteiger partial charge in [0.05, 0.1) is 21.8 Å². The van der Waals surface area contributed by atoms with E-state index in [1.165, 1.54) is 5.56 Å². The van der Waals surface area contributed by atoms with Crippen LogP contribution < -0.4 is 5.32 Å². The number of aromatic nitrogens is 2. The summed E-state index contributed by atoms with van der Waals surface area (Å²) in [4.78, 5) is 12.4. The summed E-state index contributed by atoms with van der Waals surface area (Å²) in [5.74, 6) is -0.0816. The molecule has 0 unspecified atom stereocenters. The summed E-state index contributed by atoms with van der Waals surface area (Å²) in [7, 11) is 0. The number of carbonyl (C=O) groups excluding carboxylic acids is 1. The van der Waals surface area contributed by atoms with E-state index in [2.05, 4.69) is 10.4 Å². The van der Waals surface area contributed by atoms with Crippen LogP contribution in [0.2, 0.25) is 5.02 Å². The molecule has 0 aliphatic heterocycles. The van der Waals surface area contributed by atoms with Crippen molar-refractivity contribution in [3.05, 3.63) is 51.8 Å². The third kappa shape index (κ3) is 4.87. The molecule has 2 aromatic rings. The van der Waals surface area contributed by atoms with Crippen LogP contribution in [-0.2, 0) is 12.7 Å². The monoisotopic (exact) mass is 413 g/mol. The van der Waals surface area contributed by atoms with Gasteiger partial charge in [-0.15, -0.1) is 0 Å². The van der Waals surface area contributed by atoms with Gasteiger partial charge in [0.25, 0.3) is 5.91 Å². The molecule has 4 nitrogen and oxygen atoms in total. The molecule has 1 aliphatic carbocycles. The Morgan fingerprint density at radius 2 is 1.93 bits per heavy atom. The van der Waals surface area contributed by atoms with Gasteiger partial charge in [-0.25, -0.2) is 0 Å². The molecule has 1 aromatic carbocycles. The third-order valence-corrected chi connectivity index (χ3v) is 5.69. The number of benzene rings is 1. The number of aryl methyl sites for hydroxylation is 2. The Kier molecular flexibility index (Phi) is 6.03. The molecular weight excluding hydrogens is 391 g/mol. The molecule has 1 aliphatic rings. The fraction of sp³-hybridized carbons (Fsp3) is 0.500. The van der Waals surface area contributed by atoms with Crippen molar-refractivity contribution in [2.75, 3.05) is 0 Å². The molecule has 1 heterocycles. The fourth-order valence-corrected chi connectivity index (χ4v) is 3.81. The topological polar surface area (TPSA) is 46.9 Å². The Morgan fingerprint density at radius 1 is 1.25 bits per heavy atom. The van der Waals surface area contributed by atoms with E-state index in [1.54, 1.807) is 0 Å². The highest BCUT2D eigenvalue weighted by Gasteiger charge is 2.32. The molecule has 0 saturated heterocycles. The maximum atomic E-state index is 12.9. The molecular formula is C20H23ClF3N3O. The minimum atomic E-state index is -4.51. The van der Waals surface area contributed by atoms with Crippen LogP contribution >= 0.6 is 11.6 Å². The minimum Gasteiger partial charge on any atom is -0.349 e. The number of carbonyl (C=O) groups is 1. The molecule has 28 heavy (non-hydrogen) atoms. The summed E-state index contributed by atoms with van der Waals surface area (Å²) in [5, 5.41) is 7.35. The minimum absolute atomic E-state index is 0.0172. The van der Waals surface area contributed by atoms with Crippen molar-refractivity contribution in [3.63, 3.8) is 0 Å². The van der Waals surface area contributed by atoms with E-state index in [9.17, 15) is 18.0 Å². The zero-order valence-electron chi connectivity index (χ0n) is 15.8. The molecule has 152 valence electrons. The molecule has 0 bridgehead atoms. The molecule has 1 amide bonds. The van der Waals surface area contributed by atoms with Crippen molar-refractivity contribution >= 4 is 17.5 Å². The Morgan fingerprint density at radius 3 is 2.50 bits per heavy atom. The lowest BCUT2D eigenvalue weighted by molar-refractivity contribution is -0.137. The summed E-state index contributed by atoms with van der Waals surface area (Å²) < 4.78 is 40.6. The largest absolute Gasteiger partial charge is 0.416 e. The molecule has 1 fully saturated rings. The summed E-state index contributed by atoms with van der Waals surface area (Å²) in [6, 6.07) is 2.74. The SMILES string of the molecule is Cc1cn(CC2CCC(NC(=O)c3cc(C(F)(F)F)ccc3Cl)CC2)nc1C. The molecule has 0 spiro atoms. The van der Waals surface area contributed by atoms with Crippen LogP contribution in [0.1, 0.15) is 52.9 Å². The molecule has 0 atom stereocenters. The van der Waals surface area contributed by atoms with Gasteiger partial charge in [0, 0.05) is 18.8 Å². The van der Waals surface area contributed by atoms with E-state index >= 15 is 0 Å². The average Bonchev–Trinajstić information content (AvgIpc) is 2.93. The van der Waals surface area contributed by atoms with Gasteiger partial charge in [0.2, 0.25) is 0 Å². The van der Waals surface area contributed by atoms with Crippen molar-refractivity contribution in [1.29, 1.82) is 0 Å². The van der Waals surface area contributed by atoms with E-state index in [0.717, 1.165) is 56.1 Å². The van der Waals surface area contributed by atoms with Gasteiger partial charge in [0.1, 0.15) is 0 Å². The lowest BCUT2D eigenvalue weighted by Gasteiger charge is -2.29. The Bertz CT molecular complexity index is 835. The number of alkyl halides is 3. The third-order valence-electron chi connectivity index (χ3n) is 5.36. The standard InChI is InChI=1S/C20H23ClF3N3O/c1-12-10-27(26-13(12)2)11-14-3-6-16(7-4-14)25-19(28)17-9-15(20(22,23)24)5-8-18(17)21/h5,8-10,14,16H,3-4,6-7,11H2,1-2H3,(H,25,28). The first-order valence-corrected chi connectivity index (χ1v) is 9.69. The molecule has 0 radical (unpaired) electrons. The van der Waals surface area contributed by atoms with E-state index in [1.807, 2.05) is 24.7 Å². The van der Waals surface area contributed by atoms with E-state index in [0.29, 0.717) is 5.92 Å². The highest BCUT2D eigenvalue weighted by atomic mass is 35.5. The van der Waals surface area contributed by atoms with Crippen LogP contribution in [0.5, 0.6) is 0 Å². The van der Waals surface area contributed by atoms with Gasteiger partial charge in [-0.05, 0) is 69.2 Å². The van der Waals surface area contributed by atoms with E-state index < -0.39 is 17.6 Å². The summed E-state index contributed by atoms with van der Waals surface area (Å²) >= 11 is 5.95. The van der Waals surface area contributed by atoms with Crippen LogP contribution in [0.25, 0.3) is 0 Å². The van der Waals surface area contributed by atoms with Crippen LogP contribution in [0, 0.1) is 19.8 Å². The molecule has 3 rings (SSSR count). The highest BCUT2D eigenvalue weighted by Crippen LogP contribution is 2.32. The maximum absolute atomic E-state index is 12.9. The smallest absolute Gasteiger partial charge is 0.349 e. The highest BCUT2D eigenvalue weighted by molar-refractivity contribution is 6.33. The second-order valence-electron chi connectivity index (χ2n) is 7.50. The first-order valence-electron chi connectivity index (χ1n) is 9.31. The van der Waals surface area contributed by atoms with Crippen LogP contribution in [0.15, 0.2) is 24.4 Å². The lowest BCUT2D eigenvalue weighted by Crippen LogP contribution is -2.38. The lowest BCUT2D eigenvalue weighted by atomic mass is 9.86. The van der Waals surface area contributed by atoms with Crippen molar-refractivity contribution in [2.45, 2.75) is 58.3 Å². The van der Waals surface area contributed by atoms with Gasteiger partial charge in [-0.3, -0.25) is 9.48 Å². The number of hydrogen-bond acceptors (Lipinski definition) is 2. The first-order chi connectivity index (χ1) is 13.1. The summed E-state index contributed by atoms with van der Waals surface area (Å²) in [6.45, 7) is 4.86. The molecule has 1 N–H and O–H groups in total. The molecule has 8 heteroatoms. The Labute approximate surface area is 167 Å². The number of nitrogens with zero attached hydrogens (tertiary/aromatic N) is 2. The van der Waals surface area contributed by atoms with E-state index in [-0.39, 0.29) is 16.6 Å². The van der Waals surface area contributed by atoms with Crippen molar-refractivity contribution in [1.82, 2.24) is 15.1 Å². The van der Waals surface area contributed by atoms with Crippen LogP contribution in [0.3, 0.4) is 0 Å². The second-order valence-corrected chi connectivity index (χ2v) is 7.91. The predicted octanol–water partition coefficient (Wildman–Crippen LogP) is 5.16. The summed E-state index contributed by atoms with van der Waals surface area (Å²) in [5.41, 5.74) is 1.18. The number of nitrogens with one attached hydrogen (secondary N) is 1. The van der Waals surface area contributed by atoms with Crippen LogP contribution in [0.4, 0.5) is 13.2 Å². The van der Waals surface area contributed by atoms with Crippen molar-refractivity contribution in [3.8, 4) is 0 Å². The zero-order chi connectivity index (χ0) is 20.5. The van der Waals surface area contributed by atoms with Gasteiger partial charge in [-0.2, -0.15) is 18.3 Å². The number of halogens is 4. The van der Waals surface area contributed by atoms with Gasteiger partial charge in [-0.1, -0.05) is 11.6 Å². The Balaban J connectivity index is 1.56. The number of hydrogen-bond donors (Lipinski definition) is 1. The number of rotatable bonds is 4. The fourth-order valence-electron chi connectivity index (χ4n) is 3.60. The van der Waals surface area contributed by atoms with E-state index in [4.69, 9.17) is 11.6 Å². The average molecular weight is 414 g/mol. The van der Waals surface area contributed by atoms with Gasteiger partial charge in [0.15, 0.2) is 0 Å². The van der Waals surface area contributed by atoms with Gasteiger partial charge >= 0.3 is 6.18 Å². The van der Waals surface area contributed by atoms with Crippen molar-refractivity contribution in [2.24, 2.45) is 5.92 Å². The molecule has 1 saturated carbocycles. The van der Waals surface area contributed by atoms with Gasteiger partial charge < -0.3 is 5.32 Å².